The van der Waals surface area contributed by atoms with Crippen LogP contribution < -0.4 is 10.2 Å². The van der Waals surface area contributed by atoms with E-state index < -0.39 is 5.66 Å². The van der Waals surface area contributed by atoms with Gasteiger partial charge in [0, 0.05) is 23.9 Å². The van der Waals surface area contributed by atoms with Crippen molar-refractivity contribution in [3.8, 4) is 11.4 Å². The zero-order valence-corrected chi connectivity index (χ0v) is 15.0. The number of anilines is 2. The number of fused-ring (bicyclic) bond motifs is 8. The minimum absolute atomic E-state index is 0.174. The van der Waals surface area contributed by atoms with Gasteiger partial charge in [0.15, 0.2) is 0 Å². The average Bonchev–Trinajstić information content (AvgIpc) is 3.20. The van der Waals surface area contributed by atoms with E-state index in [1.807, 2.05) is 53.1 Å². The fraction of sp³-hybridized carbons (Fsp3) is 0.0909. The topological polar surface area (TPSA) is 50.2 Å². The van der Waals surface area contributed by atoms with Crippen LogP contribution in [0, 0.1) is 5.82 Å². The summed E-state index contributed by atoms with van der Waals surface area (Å²) in [6, 6.07) is 19.9. The second-order valence-corrected chi connectivity index (χ2v) is 7.17. The minimum Gasteiger partial charge on any atom is -0.350 e. The van der Waals surface area contributed by atoms with Crippen LogP contribution in [0.1, 0.15) is 5.56 Å². The summed E-state index contributed by atoms with van der Waals surface area (Å²) in [7, 11) is 1.72. The molecule has 3 heterocycles. The van der Waals surface area contributed by atoms with E-state index in [2.05, 4.69) is 5.32 Å². The van der Waals surface area contributed by atoms with E-state index in [-0.39, 0.29) is 11.7 Å². The third-order valence-electron chi connectivity index (χ3n) is 5.70. The number of hydrogen-bond donors (Lipinski definition) is 1. The van der Waals surface area contributed by atoms with E-state index in [0.717, 1.165) is 22.3 Å². The first-order valence-electron chi connectivity index (χ1n) is 9.05. The van der Waals surface area contributed by atoms with Gasteiger partial charge in [0.25, 0.3) is 5.91 Å². The molecule has 1 N–H and O–H groups in total. The molecule has 0 saturated heterocycles. The highest BCUT2D eigenvalue weighted by Gasteiger charge is 2.55. The number of carbonyl (C=O) groups excluding carboxylic acids is 1. The van der Waals surface area contributed by atoms with Crippen LogP contribution in [0.3, 0.4) is 0 Å². The maximum atomic E-state index is 14.3. The molecule has 6 heteroatoms. The van der Waals surface area contributed by atoms with Gasteiger partial charge in [0.2, 0.25) is 5.66 Å². The number of likely N-dealkylation sites (N-methyl/N-ethyl adjacent to an activating group) is 1. The van der Waals surface area contributed by atoms with Crippen molar-refractivity contribution >= 4 is 28.3 Å². The predicted molar refractivity (Wildman–Crippen MR) is 106 cm³/mol. The number of benzene rings is 3. The number of halogens is 1. The second-order valence-electron chi connectivity index (χ2n) is 7.17. The maximum Gasteiger partial charge on any atom is 0.278 e. The number of carbonyl (C=O) groups is 1. The summed E-state index contributed by atoms with van der Waals surface area (Å²) in [5.41, 5.74) is 3.29. The molecule has 0 radical (unpaired) electrons. The van der Waals surface area contributed by atoms with Gasteiger partial charge in [-0.05, 0) is 42.5 Å². The molecule has 0 fully saturated rings. The number of nitrogens with zero attached hydrogens (tertiary/aromatic N) is 3. The van der Waals surface area contributed by atoms with Crippen molar-refractivity contribution in [2.45, 2.75) is 5.66 Å². The van der Waals surface area contributed by atoms with E-state index in [0.29, 0.717) is 17.1 Å². The van der Waals surface area contributed by atoms with Crippen LogP contribution in [0.5, 0.6) is 0 Å². The third-order valence-corrected chi connectivity index (χ3v) is 5.70. The third kappa shape index (κ3) is 1.66. The highest BCUT2D eigenvalue weighted by molar-refractivity contribution is 6.11. The average molecular weight is 370 g/mol. The first-order valence-corrected chi connectivity index (χ1v) is 9.05. The lowest BCUT2D eigenvalue weighted by Gasteiger charge is -2.38. The van der Waals surface area contributed by atoms with Crippen molar-refractivity contribution in [2.75, 3.05) is 17.3 Å². The molecule has 1 atom stereocenters. The van der Waals surface area contributed by atoms with Gasteiger partial charge in [-0.1, -0.05) is 24.3 Å². The van der Waals surface area contributed by atoms with Crippen molar-refractivity contribution in [3.05, 3.63) is 78.1 Å². The molecular formula is C22H15FN4O. The summed E-state index contributed by atoms with van der Waals surface area (Å²) < 4.78 is 16.2. The lowest BCUT2D eigenvalue weighted by atomic mass is 9.95. The molecule has 2 aliphatic rings. The maximum absolute atomic E-state index is 14.3. The van der Waals surface area contributed by atoms with Crippen molar-refractivity contribution in [3.63, 3.8) is 0 Å². The van der Waals surface area contributed by atoms with E-state index in [1.165, 1.54) is 12.1 Å². The van der Waals surface area contributed by atoms with Gasteiger partial charge in [-0.25, -0.2) is 9.37 Å². The first kappa shape index (κ1) is 15.4. The van der Waals surface area contributed by atoms with Gasteiger partial charge in [-0.15, -0.1) is 0 Å². The minimum atomic E-state index is -1.29. The normalized spacial score (nSPS) is 19.5. The summed E-state index contributed by atoms with van der Waals surface area (Å²) in [4.78, 5) is 20.1. The summed E-state index contributed by atoms with van der Waals surface area (Å²) in [6.45, 7) is 0. The summed E-state index contributed by atoms with van der Waals surface area (Å²) in [6.07, 6.45) is 0. The van der Waals surface area contributed by atoms with Crippen LogP contribution in [0.4, 0.5) is 15.8 Å². The zero-order chi connectivity index (χ0) is 19.0. The van der Waals surface area contributed by atoms with Gasteiger partial charge < -0.3 is 10.2 Å². The Morgan fingerprint density at radius 3 is 2.71 bits per heavy atom. The highest BCUT2D eigenvalue weighted by atomic mass is 19.1. The Balaban J connectivity index is 1.81. The Hall–Kier alpha value is -3.67. The van der Waals surface area contributed by atoms with Crippen LogP contribution in [0.2, 0.25) is 0 Å². The van der Waals surface area contributed by atoms with E-state index >= 15 is 0 Å². The standard InChI is InChI=1S/C22H15FN4O/c1-26-18-11-10-13(23)12-15(18)22(21(26)28)25-16-7-3-2-6-14(16)20-24-17-8-4-5-9-19(17)27(20)22/h2-12,25H,1H3/t22-/m1/s1. The van der Waals surface area contributed by atoms with E-state index in [4.69, 9.17) is 4.98 Å². The van der Waals surface area contributed by atoms with E-state index in [9.17, 15) is 9.18 Å². The van der Waals surface area contributed by atoms with Crippen LogP contribution in [-0.2, 0) is 10.5 Å². The van der Waals surface area contributed by atoms with Crippen LogP contribution in [-0.4, -0.2) is 22.5 Å². The molecule has 1 aromatic heterocycles. The smallest absolute Gasteiger partial charge is 0.278 e. The predicted octanol–water partition coefficient (Wildman–Crippen LogP) is 3.95. The number of hydrogen-bond acceptors (Lipinski definition) is 3. The molecular weight excluding hydrogens is 355 g/mol. The molecule has 28 heavy (non-hydrogen) atoms. The molecule has 6 rings (SSSR count). The number of para-hydroxylation sites is 3. The number of amides is 1. The zero-order valence-electron chi connectivity index (χ0n) is 15.0. The summed E-state index contributed by atoms with van der Waals surface area (Å²) in [5.74, 6) is 0.134. The van der Waals surface area contributed by atoms with Gasteiger partial charge in [-0.3, -0.25) is 9.36 Å². The Kier molecular flexibility index (Phi) is 2.74. The van der Waals surface area contributed by atoms with Gasteiger partial charge in [0.05, 0.1) is 16.7 Å². The van der Waals surface area contributed by atoms with Crippen molar-refractivity contribution in [1.82, 2.24) is 9.55 Å². The van der Waals surface area contributed by atoms with Crippen molar-refractivity contribution in [2.24, 2.45) is 0 Å². The first-order chi connectivity index (χ1) is 13.6. The molecule has 0 unspecified atom stereocenters. The highest BCUT2D eigenvalue weighted by Crippen LogP contribution is 2.50. The molecule has 1 spiro atoms. The van der Waals surface area contributed by atoms with Gasteiger partial charge >= 0.3 is 0 Å². The number of imidazole rings is 1. The molecule has 2 aliphatic heterocycles. The quantitative estimate of drug-likeness (QED) is 0.510. The lowest BCUT2D eigenvalue weighted by molar-refractivity contribution is -0.122. The Morgan fingerprint density at radius 1 is 1.04 bits per heavy atom. The number of aromatic nitrogens is 2. The molecule has 0 aliphatic carbocycles. The van der Waals surface area contributed by atoms with Crippen LogP contribution >= 0.6 is 0 Å². The molecule has 1 amide bonds. The molecule has 136 valence electrons. The molecule has 0 bridgehead atoms. The monoisotopic (exact) mass is 370 g/mol. The molecule has 5 nitrogen and oxygen atoms in total. The summed E-state index contributed by atoms with van der Waals surface area (Å²) >= 11 is 0. The number of rotatable bonds is 0. The van der Waals surface area contributed by atoms with Gasteiger partial charge in [0.1, 0.15) is 11.6 Å². The molecule has 0 saturated carbocycles. The van der Waals surface area contributed by atoms with Crippen LogP contribution in [0.25, 0.3) is 22.4 Å². The molecule has 4 aromatic rings. The Bertz CT molecular complexity index is 1310. The van der Waals surface area contributed by atoms with Crippen LogP contribution in [0.15, 0.2) is 66.7 Å². The van der Waals surface area contributed by atoms with Gasteiger partial charge in [-0.2, -0.15) is 0 Å². The molecule has 3 aromatic carbocycles. The largest absolute Gasteiger partial charge is 0.350 e. The second kappa shape index (κ2) is 4.98. The van der Waals surface area contributed by atoms with Crippen molar-refractivity contribution in [1.29, 1.82) is 0 Å². The van der Waals surface area contributed by atoms with Crippen molar-refractivity contribution < 1.29 is 9.18 Å². The fourth-order valence-corrected chi connectivity index (χ4v) is 4.48. The number of nitrogens with one attached hydrogen (secondary N) is 1. The SMILES string of the molecule is CN1C(=O)[C@@]2(Nc3ccccc3-c3nc4ccccc4n32)c2cc(F)ccc21. The lowest BCUT2D eigenvalue weighted by Crippen LogP contribution is -2.52. The summed E-state index contributed by atoms with van der Waals surface area (Å²) in [5, 5.41) is 3.44. The Labute approximate surface area is 160 Å². The Morgan fingerprint density at radius 2 is 1.82 bits per heavy atom. The van der Waals surface area contributed by atoms with E-state index in [1.54, 1.807) is 18.0 Å². The fourth-order valence-electron chi connectivity index (χ4n) is 4.48.